The average Bonchev–Trinajstić information content (AvgIpc) is 2.96. The quantitative estimate of drug-likeness (QED) is 0.532. The van der Waals surface area contributed by atoms with Crippen molar-refractivity contribution in [3.63, 3.8) is 0 Å². The van der Waals surface area contributed by atoms with Gasteiger partial charge in [0.2, 0.25) is 0 Å². The second kappa shape index (κ2) is 8.45. The van der Waals surface area contributed by atoms with Crippen LogP contribution >= 0.6 is 35.0 Å². The highest BCUT2D eigenvalue weighted by atomic mass is 35.5. The van der Waals surface area contributed by atoms with Gasteiger partial charge >= 0.3 is 0 Å². The second-order valence-electron chi connectivity index (χ2n) is 5.25. The fraction of sp³-hybridized carbons (Fsp3) is 0.0526. The van der Waals surface area contributed by atoms with Gasteiger partial charge < -0.3 is 10.1 Å². The van der Waals surface area contributed by atoms with E-state index in [1.54, 1.807) is 30.4 Å². The molecule has 0 aliphatic carbocycles. The van der Waals surface area contributed by atoms with Crippen LogP contribution in [0.4, 0.5) is 5.69 Å². The number of carbonyl (C=O) groups excluding carboxylic acids is 1. The molecule has 1 saturated heterocycles. The molecule has 1 fully saturated rings. The number of halogens is 2. The van der Waals surface area contributed by atoms with E-state index in [2.05, 4.69) is 16.9 Å². The maximum atomic E-state index is 12.1. The van der Waals surface area contributed by atoms with Gasteiger partial charge in [0.1, 0.15) is 12.4 Å². The van der Waals surface area contributed by atoms with Crippen molar-refractivity contribution >= 4 is 57.8 Å². The number of hydrogen-bond acceptors (Lipinski definition) is 4. The first-order valence-corrected chi connectivity index (χ1v) is 9.21. The van der Waals surface area contributed by atoms with Gasteiger partial charge in [-0.05, 0) is 53.7 Å². The van der Waals surface area contributed by atoms with E-state index in [0.29, 0.717) is 32.4 Å². The molecule has 7 heteroatoms. The molecule has 0 saturated carbocycles. The summed E-state index contributed by atoms with van der Waals surface area (Å²) in [4.78, 5) is 17.1. The third-order valence-electron chi connectivity index (χ3n) is 3.33. The molecule has 4 nitrogen and oxygen atoms in total. The van der Waals surface area contributed by atoms with Crippen molar-refractivity contribution in [1.29, 1.82) is 0 Å². The van der Waals surface area contributed by atoms with E-state index in [4.69, 9.17) is 27.9 Å². The van der Waals surface area contributed by atoms with Crippen LogP contribution in [0.15, 0.2) is 65.0 Å². The maximum Gasteiger partial charge on any atom is 0.264 e. The zero-order valence-corrected chi connectivity index (χ0v) is 15.9. The van der Waals surface area contributed by atoms with E-state index in [1.807, 2.05) is 24.3 Å². The minimum atomic E-state index is -0.194. The number of rotatable bonds is 5. The summed E-state index contributed by atoms with van der Waals surface area (Å²) in [6, 6.07) is 12.5. The molecule has 2 aromatic carbocycles. The van der Waals surface area contributed by atoms with Crippen LogP contribution in [0.1, 0.15) is 5.56 Å². The molecule has 1 aliphatic heterocycles. The number of benzene rings is 2. The normalized spacial score (nSPS) is 16.8. The Morgan fingerprint density at radius 3 is 2.62 bits per heavy atom. The van der Waals surface area contributed by atoms with E-state index < -0.39 is 0 Å². The fourth-order valence-corrected chi connectivity index (χ4v) is 3.25. The number of thioether (sulfide) groups is 1. The molecule has 1 heterocycles. The Morgan fingerprint density at radius 2 is 1.92 bits per heavy atom. The molecular formula is C19H14Cl2N2O2S. The van der Waals surface area contributed by atoms with Crippen molar-refractivity contribution in [1.82, 2.24) is 5.32 Å². The molecule has 1 aliphatic rings. The number of ether oxygens (including phenoxy) is 1. The third kappa shape index (κ3) is 4.69. The molecule has 3 rings (SSSR count). The average molecular weight is 405 g/mol. The fourth-order valence-electron chi connectivity index (χ4n) is 2.12. The number of nitrogens with zero attached hydrogens (tertiary/aromatic N) is 1. The lowest BCUT2D eigenvalue weighted by Crippen LogP contribution is -2.19. The Hall–Kier alpha value is -2.21. The van der Waals surface area contributed by atoms with Gasteiger partial charge in [0.15, 0.2) is 5.17 Å². The Bertz CT molecular complexity index is 908. The van der Waals surface area contributed by atoms with Crippen LogP contribution in [0.3, 0.4) is 0 Å². The smallest absolute Gasteiger partial charge is 0.264 e. The largest absolute Gasteiger partial charge is 0.490 e. The molecule has 0 aromatic heterocycles. The summed E-state index contributed by atoms with van der Waals surface area (Å²) >= 11 is 13.1. The highest BCUT2D eigenvalue weighted by Gasteiger charge is 2.23. The standard InChI is InChI=1S/C19H14Cl2N2O2S/c1-2-9-25-14-6-3-12(4-7-14)10-17-18(24)23-19(26-17)22-13-5-8-15(20)16(21)11-13/h2-8,10-11H,1,9H2,(H,22,23,24)/b17-10-. The van der Waals surface area contributed by atoms with Crippen molar-refractivity contribution in [3.8, 4) is 5.75 Å². The zero-order chi connectivity index (χ0) is 18.5. The second-order valence-corrected chi connectivity index (χ2v) is 7.09. The summed E-state index contributed by atoms with van der Waals surface area (Å²) in [7, 11) is 0. The van der Waals surface area contributed by atoms with Crippen LogP contribution < -0.4 is 10.1 Å². The van der Waals surface area contributed by atoms with Gasteiger partial charge in [-0.15, -0.1) is 0 Å². The van der Waals surface area contributed by atoms with Crippen molar-refractivity contribution in [3.05, 3.63) is 75.6 Å². The summed E-state index contributed by atoms with van der Waals surface area (Å²) in [6.07, 6.45) is 3.48. The lowest BCUT2D eigenvalue weighted by atomic mass is 10.2. The predicted octanol–water partition coefficient (Wildman–Crippen LogP) is 5.45. The molecule has 1 amide bonds. The van der Waals surface area contributed by atoms with Gasteiger partial charge in [-0.2, -0.15) is 0 Å². The predicted molar refractivity (Wildman–Crippen MR) is 109 cm³/mol. The monoisotopic (exact) mass is 404 g/mol. The minimum Gasteiger partial charge on any atom is -0.490 e. The van der Waals surface area contributed by atoms with Crippen molar-refractivity contribution in [2.45, 2.75) is 0 Å². The first-order chi connectivity index (χ1) is 12.5. The molecule has 1 N–H and O–H groups in total. The van der Waals surface area contributed by atoms with Gasteiger partial charge in [-0.3, -0.25) is 4.79 Å². The molecule has 132 valence electrons. The number of hydrogen-bond donors (Lipinski definition) is 1. The SMILES string of the molecule is C=CCOc1ccc(/C=C2\SC(=Nc3ccc(Cl)c(Cl)c3)NC2=O)cc1. The highest BCUT2D eigenvalue weighted by Crippen LogP contribution is 2.31. The van der Waals surface area contributed by atoms with Crippen LogP contribution in [-0.4, -0.2) is 17.7 Å². The van der Waals surface area contributed by atoms with E-state index in [9.17, 15) is 4.79 Å². The molecule has 0 spiro atoms. The maximum absolute atomic E-state index is 12.1. The molecule has 26 heavy (non-hydrogen) atoms. The zero-order valence-electron chi connectivity index (χ0n) is 13.5. The van der Waals surface area contributed by atoms with Gasteiger partial charge in [-0.1, -0.05) is 48.0 Å². The van der Waals surface area contributed by atoms with E-state index in [0.717, 1.165) is 11.3 Å². The van der Waals surface area contributed by atoms with Gasteiger partial charge in [0, 0.05) is 0 Å². The van der Waals surface area contributed by atoms with Crippen LogP contribution in [0.2, 0.25) is 10.0 Å². The number of amides is 1. The van der Waals surface area contributed by atoms with Crippen LogP contribution in [-0.2, 0) is 4.79 Å². The molecule has 0 unspecified atom stereocenters. The van der Waals surface area contributed by atoms with E-state index in [1.165, 1.54) is 11.8 Å². The highest BCUT2D eigenvalue weighted by molar-refractivity contribution is 8.18. The van der Waals surface area contributed by atoms with Crippen molar-refractivity contribution in [2.75, 3.05) is 6.61 Å². The van der Waals surface area contributed by atoms with Gasteiger partial charge in [-0.25, -0.2) is 4.99 Å². The summed E-state index contributed by atoms with van der Waals surface area (Å²) in [5, 5.41) is 4.10. The van der Waals surface area contributed by atoms with E-state index in [-0.39, 0.29) is 5.91 Å². The van der Waals surface area contributed by atoms with Crippen molar-refractivity contribution < 1.29 is 9.53 Å². The summed E-state index contributed by atoms with van der Waals surface area (Å²) in [5.41, 5.74) is 1.51. The Kier molecular flexibility index (Phi) is 6.04. The summed E-state index contributed by atoms with van der Waals surface area (Å²) < 4.78 is 5.44. The Labute approximate surface area is 165 Å². The number of aliphatic imine (C=N–C) groups is 1. The van der Waals surface area contributed by atoms with Gasteiger partial charge in [0.05, 0.1) is 20.6 Å². The van der Waals surface area contributed by atoms with E-state index >= 15 is 0 Å². The lowest BCUT2D eigenvalue weighted by molar-refractivity contribution is -0.115. The molecule has 0 atom stereocenters. The Balaban J connectivity index is 1.74. The molecule has 2 aromatic rings. The van der Waals surface area contributed by atoms with Crippen LogP contribution in [0, 0.1) is 0 Å². The van der Waals surface area contributed by atoms with Crippen LogP contribution in [0.5, 0.6) is 5.75 Å². The minimum absolute atomic E-state index is 0.194. The number of carbonyl (C=O) groups is 1. The summed E-state index contributed by atoms with van der Waals surface area (Å²) in [6.45, 7) is 4.06. The van der Waals surface area contributed by atoms with Gasteiger partial charge in [0.25, 0.3) is 5.91 Å². The lowest BCUT2D eigenvalue weighted by Gasteiger charge is -2.03. The Morgan fingerprint density at radius 1 is 1.15 bits per heavy atom. The number of amidine groups is 1. The number of nitrogens with one attached hydrogen (secondary N) is 1. The summed E-state index contributed by atoms with van der Waals surface area (Å²) in [5.74, 6) is 0.554. The topological polar surface area (TPSA) is 50.7 Å². The molecule has 0 bridgehead atoms. The third-order valence-corrected chi connectivity index (χ3v) is 4.98. The molecular weight excluding hydrogens is 391 g/mol. The van der Waals surface area contributed by atoms with Crippen molar-refractivity contribution in [2.24, 2.45) is 4.99 Å². The first kappa shape index (κ1) is 18.6. The first-order valence-electron chi connectivity index (χ1n) is 7.63. The molecule has 0 radical (unpaired) electrons. The van der Waals surface area contributed by atoms with Crippen LogP contribution in [0.25, 0.3) is 6.08 Å².